The second-order valence-corrected chi connectivity index (χ2v) is 6.60. The van der Waals surface area contributed by atoms with Crippen molar-refractivity contribution in [2.24, 2.45) is 0 Å². The van der Waals surface area contributed by atoms with Crippen LogP contribution in [0.5, 0.6) is 0 Å². The molecule has 1 saturated heterocycles. The molecular formula is C15H16Cl2N2O2. The van der Waals surface area contributed by atoms with Crippen molar-refractivity contribution >= 4 is 40.7 Å². The summed E-state index contributed by atoms with van der Waals surface area (Å²) in [4.78, 5) is 26.4. The highest BCUT2D eigenvalue weighted by molar-refractivity contribution is 6.36. The van der Waals surface area contributed by atoms with Crippen LogP contribution in [0.4, 0.5) is 5.69 Å². The summed E-state index contributed by atoms with van der Waals surface area (Å²) >= 11 is 12.4. The molecule has 0 unspecified atom stereocenters. The Balaban J connectivity index is 2.03. The molecule has 1 aromatic carbocycles. The van der Waals surface area contributed by atoms with E-state index in [-0.39, 0.29) is 18.4 Å². The molecular weight excluding hydrogens is 311 g/mol. The van der Waals surface area contributed by atoms with E-state index in [1.165, 1.54) is 4.90 Å². The Hall–Kier alpha value is -1.26. The minimum absolute atomic E-state index is 0.0142. The summed E-state index contributed by atoms with van der Waals surface area (Å²) in [6.45, 7) is 1.83. The van der Waals surface area contributed by atoms with Crippen LogP contribution >= 0.6 is 23.2 Å². The van der Waals surface area contributed by atoms with Gasteiger partial charge in [0.25, 0.3) is 5.91 Å². The maximum atomic E-state index is 12.9. The number of amides is 2. The molecule has 2 aliphatic rings. The van der Waals surface area contributed by atoms with Gasteiger partial charge in [0.05, 0.1) is 10.7 Å². The molecule has 6 heteroatoms. The van der Waals surface area contributed by atoms with Crippen molar-refractivity contribution in [2.45, 2.75) is 38.1 Å². The number of aryl methyl sites for hydroxylation is 1. The first kappa shape index (κ1) is 14.7. The fraction of sp³-hybridized carbons (Fsp3) is 0.467. The summed E-state index contributed by atoms with van der Waals surface area (Å²) in [5.74, 6) is -0.231. The summed E-state index contributed by atoms with van der Waals surface area (Å²) in [7, 11) is 0. The molecule has 3 rings (SSSR count). The largest absolute Gasteiger partial charge is 0.340 e. The molecule has 1 aliphatic heterocycles. The highest BCUT2D eigenvalue weighted by Gasteiger charge is 2.49. The van der Waals surface area contributed by atoms with Crippen molar-refractivity contribution in [3.8, 4) is 0 Å². The van der Waals surface area contributed by atoms with Crippen molar-refractivity contribution < 1.29 is 9.59 Å². The topological polar surface area (TPSA) is 49.4 Å². The van der Waals surface area contributed by atoms with E-state index < -0.39 is 5.54 Å². The van der Waals surface area contributed by atoms with Crippen LogP contribution in [0, 0.1) is 6.92 Å². The predicted molar refractivity (Wildman–Crippen MR) is 82.9 cm³/mol. The van der Waals surface area contributed by atoms with Crippen LogP contribution in [0.15, 0.2) is 12.1 Å². The van der Waals surface area contributed by atoms with Gasteiger partial charge in [-0.15, -0.1) is 0 Å². The summed E-state index contributed by atoms with van der Waals surface area (Å²) in [6.07, 6.45) is 3.26. The Morgan fingerprint density at radius 1 is 1.14 bits per heavy atom. The Morgan fingerprint density at radius 2 is 1.81 bits per heavy atom. The van der Waals surface area contributed by atoms with Gasteiger partial charge in [0.1, 0.15) is 12.1 Å². The number of carbonyl (C=O) groups excluding carboxylic acids is 2. The third-order valence-electron chi connectivity index (χ3n) is 4.31. The number of halogens is 2. The number of anilines is 1. The fourth-order valence-electron chi connectivity index (χ4n) is 3.19. The molecule has 1 saturated carbocycles. The van der Waals surface area contributed by atoms with Crippen LogP contribution in [-0.4, -0.2) is 23.9 Å². The molecule has 0 radical (unpaired) electrons. The van der Waals surface area contributed by atoms with E-state index in [4.69, 9.17) is 23.2 Å². The molecule has 0 atom stereocenters. The van der Waals surface area contributed by atoms with Crippen LogP contribution in [0.3, 0.4) is 0 Å². The third kappa shape index (κ3) is 2.40. The highest BCUT2D eigenvalue weighted by Crippen LogP contribution is 2.38. The van der Waals surface area contributed by atoms with E-state index in [1.54, 1.807) is 12.1 Å². The molecule has 1 aromatic rings. The zero-order valence-corrected chi connectivity index (χ0v) is 13.2. The number of carbonyl (C=O) groups is 2. The van der Waals surface area contributed by atoms with Crippen molar-refractivity contribution in [2.75, 3.05) is 11.4 Å². The lowest BCUT2D eigenvalue weighted by molar-refractivity contribution is -0.135. The van der Waals surface area contributed by atoms with Crippen LogP contribution in [0.1, 0.15) is 31.2 Å². The first-order valence-corrected chi connectivity index (χ1v) is 7.77. The molecule has 21 heavy (non-hydrogen) atoms. The van der Waals surface area contributed by atoms with E-state index in [2.05, 4.69) is 5.32 Å². The maximum Gasteiger partial charge on any atom is 0.253 e. The average Bonchev–Trinajstić information content (AvgIpc) is 2.88. The molecule has 0 bridgehead atoms. The van der Waals surface area contributed by atoms with E-state index >= 15 is 0 Å². The molecule has 0 aromatic heterocycles. The van der Waals surface area contributed by atoms with Crippen LogP contribution < -0.4 is 10.2 Å². The SMILES string of the molecule is Cc1cc(Cl)c(N2CC(=O)NC3(CCCC3)C2=O)cc1Cl. The van der Waals surface area contributed by atoms with Crippen molar-refractivity contribution in [1.29, 1.82) is 0 Å². The third-order valence-corrected chi connectivity index (χ3v) is 5.02. The second-order valence-electron chi connectivity index (χ2n) is 5.78. The monoisotopic (exact) mass is 326 g/mol. The normalized spacial score (nSPS) is 21.0. The van der Waals surface area contributed by atoms with Gasteiger partial charge >= 0.3 is 0 Å². The molecule has 1 spiro atoms. The minimum Gasteiger partial charge on any atom is -0.340 e. The smallest absolute Gasteiger partial charge is 0.253 e. The molecule has 1 heterocycles. The van der Waals surface area contributed by atoms with Gasteiger partial charge < -0.3 is 5.32 Å². The molecule has 1 aliphatic carbocycles. The van der Waals surface area contributed by atoms with Gasteiger partial charge in [-0.1, -0.05) is 36.0 Å². The van der Waals surface area contributed by atoms with Gasteiger partial charge in [-0.3, -0.25) is 14.5 Å². The van der Waals surface area contributed by atoms with Gasteiger partial charge in [-0.05, 0) is 37.5 Å². The number of benzene rings is 1. The Labute approximate surface area is 133 Å². The van der Waals surface area contributed by atoms with Crippen molar-refractivity contribution in [1.82, 2.24) is 5.32 Å². The average molecular weight is 327 g/mol. The van der Waals surface area contributed by atoms with Gasteiger partial charge in [0.15, 0.2) is 0 Å². The Morgan fingerprint density at radius 3 is 2.48 bits per heavy atom. The Kier molecular flexibility index (Phi) is 3.62. The maximum absolute atomic E-state index is 12.9. The lowest BCUT2D eigenvalue weighted by atomic mass is 9.92. The van der Waals surface area contributed by atoms with Crippen LogP contribution in [0.25, 0.3) is 0 Å². The summed E-state index contributed by atoms with van der Waals surface area (Å²) in [5.41, 5.74) is 0.601. The zero-order chi connectivity index (χ0) is 15.2. The first-order chi connectivity index (χ1) is 9.93. The predicted octanol–water partition coefficient (Wildman–Crippen LogP) is 3.08. The number of hydrogen-bond donors (Lipinski definition) is 1. The lowest BCUT2D eigenvalue weighted by Crippen LogP contribution is -2.65. The lowest BCUT2D eigenvalue weighted by Gasteiger charge is -2.40. The number of nitrogens with one attached hydrogen (secondary N) is 1. The summed E-state index contributed by atoms with van der Waals surface area (Å²) < 4.78 is 0. The van der Waals surface area contributed by atoms with E-state index in [9.17, 15) is 9.59 Å². The van der Waals surface area contributed by atoms with Gasteiger partial charge in [-0.25, -0.2) is 0 Å². The van der Waals surface area contributed by atoms with Gasteiger partial charge in [0.2, 0.25) is 5.91 Å². The number of rotatable bonds is 1. The van der Waals surface area contributed by atoms with E-state index in [1.807, 2.05) is 6.92 Å². The number of nitrogens with zero attached hydrogens (tertiary/aromatic N) is 1. The quantitative estimate of drug-likeness (QED) is 0.862. The standard InChI is InChI=1S/C15H16Cl2N2O2/c1-9-6-11(17)12(7-10(9)16)19-8-13(20)18-15(14(19)21)4-2-3-5-15/h6-7H,2-5,8H2,1H3,(H,18,20). The summed E-state index contributed by atoms with van der Waals surface area (Å²) in [6, 6.07) is 3.39. The van der Waals surface area contributed by atoms with Gasteiger partial charge in [-0.2, -0.15) is 0 Å². The van der Waals surface area contributed by atoms with Crippen molar-refractivity contribution in [3.05, 3.63) is 27.7 Å². The van der Waals surface area contributed by atoms with Crippen LogP contribution in [0.2, 0.25) is 10.0 Å². The molecule has 4 nitrogen and oxygen atoms in total. The van der Waals surface area contributed by atoms with Crippen molar-refractivity contribution in [3.63, 3.8) is 0 Å². The zero-order valence-electron chi connectivity index (χ0n) is 11.7. The van der Waals surface area contributed by atoms with E-state index in [0.29, 0.717) is 28.6 Å². The first-order valence-electron chi connectivity index (χ1n) is 7.02. The molecule has 112 valence electrons. The molecule has 1 N–H and O–H groups in total. The molecule has 2 amide bonds. The minimum atomic E-state index is -0.754. The number of hydrogen-bond acceptors (Lipinski definition) is 2. The highest BCUT2D eigenvalue weighted by atomic mass is 35.5. The Bertz CT molecular complexity index is 624. The van der Waals surface area contributed by atoms with Crippen LogP contribution in [-0.2, 0) is 9.59 Å². The fourth-order valence-corrected chi connectivity index (χ4v) is 3.67. The van der Waals surface area contributed by atoms with E-state index in [0.717, 1.165) is 18.4 Å². The summed E-state index contributed by atoms with van der Waals surface area (Å²) in [5, 5.41) is 3.85. The number of piperazine rings is 1. The van der Waals surface area contributed by atoms with Gasteiger partial charge in [0, 0.05) is 5.02 Å². The second kappa shape index (κ2) is 5.18. The molecule has 2 fully saturated rings.